The maximum Gasteiger partial charge on any atom is 0.481 e. The second-order valence-corrected chi connectivity index (χ2v) is 20.2. The van der Waals surface area contributed by atoms with Gasteiger partial charge in [0.1, 0.15) is 30.7 Å². The number of carbonyl (C=O) groups is 2. The SMILES string of the molecule is CC/C=C\C[C@@H](O)/C=C/C=C/C=C\C=C/[C@H](O)[C@@H](O)CCCC(=O)OC[C@H](COP(=O)(O)OP(=O)(O)OC[C@H]1O[C@@H](n2ccc(N)nc2=O)[C@H](O)[C@@H]1O)OC(=O)CCCCCCC/C=C\C=C/CCCCCC. The Morgan fingerprint density at radius 1 is 0.767 bits per heavy atom. The van der Waals surface area contributed by atoms with Gasteiger partial charge in [0.05, 0.1) is 31.5 Å². The lowest BCUT2D eigenvalue weighted by molar-refractivity contribution is -0.161. The number of nitrogens with two attached hydrogens (primary N) is 1. The fraction of sp³-hybridized carbons (Fsp3) is 0.600. The number of nitrogens with zero attached hydrogens (tertiary/aromatic N) is 2. The summed E-state index contributed by atoms with van der Waals surface area (Å²) in [6.07, 6.45) is 27.4. The summed E-state index contributed by atoms with van der Waals surface area (Å²) in [7, 11) is -11.0. The molecule has 21 nitrogen and oxygen atoms in total. The third kappa shape index (κ3) is 30.1. The zero-order chi connectivity index (χ0) is 53.9. The summed E-state index contributed by atoms with van der Waals surface area (Å²) in [6.45, 7) is 1.57. The molecule has 0 bridgehead atoms. The van der Waals surface area contributed by atoms with Gasteiger partial charge in [0.2, 0.25) is 0 Å². The first-order valence-electron chi connectivity index (χ1n) is 24.9. The normalized spacial score (nSPS) is 21.0. The summed E-state index contributed by atoms with van der Waals surface area (Å²) in [6, 6.07) is 1.22. The van der Waals surface area contributed by atoms with E-state index in [1.54, 1.807) is 36.5 Å². The lowest BCUT2D eigenvalue weighted by atomic mass is 10.1. The van der Waals surface area contributed by atoms with Crippen molar-refractivity contribution in [1.82, 2.24) is 9.55 Å². The fourth-order valence-electron chi connectivity index (χ4n) is 6.82. The Morgan fingerprint density at radius 2 is 1.38 bits per heavy atom. The molecule has 2 heterocycles. The Hall–Kier alpha value is -4.18. The van der Waals surface area contributed by atoms with Gasteiger partial charge in [0.25, 0.3) is 0 Å². The molecule has 0 saturated carbocycles. The van der Waals surface area contributed by atoms with E-state index >= 15 is 0 Å². The third-order valence-corrected chi connectivity index (χ3v) is 13.4. The van der Waals surface area contributed by atoms with Crippen molar-refractivity contribution in [2.45, 2.75) is 172 Å². The molecular weight excluding hydrogens is 993 g/mol. The van der Waals surface area contributed by atoms with Crippen molar-refractivity contribution in [2.24, 2.45) is 0 Å². The highest BCUT2D eigenvalue weighted by atomic mass is 31.3. The van der Waals surface area contributed by atoms with Crippen LogP contribution in [0.1, 0.15) is 129 Å². The van der Waals surface area contributed by atoms with Gasteiger partial charge in [-0.2, -0.15) is 9.29 Å². The molecule has 10 atom stereocenters. The molecule has 1 aliphatic rings. The van der Waals surface area contributed by atoms with Crippen LogP contribution in [0.4, 0.5) is 5.82 Å². The number of aliphatic hydroxyl groups is 5. The van der Waals surface area contributed by atoms with Gasteiger partial charge in [-0.05, 0) is 63.9 Å². The van der Waals surface area contributed by atoms with Crippen LogP contribution in [0.2, 0.25) is 0 Å². The number of phosphoric acid groups is 2. The maximum absolute atomic E-state index is 12.9. The minimum atomic E-state index is -5.51. The van der Waals surface area contributed by atoms with Crippen LogP contribution < -0.4 is 11.4 Å². The van der Waals surface area contributed by atoms with Crippen LogP contribution in [0, 0.1) is 0 Å². The number of allylic oxidation sites excluding steroid dienone is 11. The first-order valence-corrected chi connectivity index (χ1v) is 27.9. The Labute approximate surface area is 428 Å². The van der Waals surface area contributed by atoms with Gasteiger partial charge in [-0.3, -0.25) is 23.2 Å². The quantitative estimate of drug-likeness (QED) is 0.0110. The van der Waals surface area contributed by atoms with E-state index in [-0.39, 0.29) is 31.5 Å². The molecule has 1 saturated heterocycles. The molecule has 1 fully saturated rings. The Balaban J connectivity index is 1.91. The lowest BCUT2D eigenvalue weighted by Gasteiger charge is -2.21. The molecule has 23 heteroatoms. The Morgan fingerprint density at radius 3 is 2.05 bits per heavy atom. The van der Waals surface area contributed by atoms with E-state index in [4.69, 9.17) is 29.0 Å². The largest absolute Gasteiger partial charge is 0.481 e. The van der Waals surface area contributed by atoms with Gasteiger partial charge < -0.3 is 55.3 Å². The van der Waals surface area contributed by atoms with Crippen LogP contribution in [0.25, 0.3) is 0 Å². The average Bonchev–Trinajstić information content (AvgIpc) is 3.62. The van der Waals surface area contributed by atoms with Crippen LogP contribution in [0.3, 0.4) is 0 Å². The van der Waals surface area contributed by atoms with Gasteiger partial charge in [-0.1, -0.05) is 137 Å². The second-order valence-electron chi connectivity index (χ2n) is 17.2. The van der Waals surface area contributed by atoms with E-state index in [0.717, 1.165) is 49.3 Å². The van der Waals surface area contributed by atoms with E-state index < -0.39 is 102 Å². The molecule has 0 amide bonds. The number of unbranched alkanes of at least 4 members (excludes halogenated alkanes) is 9. The fourth-order valence-corrected chi connectivity index (χ4v) is 8.93. The highest BCUT2D eigenvalue weighted by Gasteiger charge is 2.46. The monoisotopic (exact) mass is 1070 g/mol. The lowest BCUT2D eigenvalue weighted by Crippen LogP contribution is -2.36. The van der Waals surface area contributed by atoms with Crippen molar-refractivity contribution in [3.63, 3.8) is 0 Å². The van der Waals surface area contributed by atoms with Crippen molar-refractivity contribution >= 4 is 33.4 Å². The summed E-state index contributed by atoms with van der Waals surface area (Å²) < 4.78 is 56.4. The summed E-state index contributed by atoms with van der Waals surface area (Å²) in [4.78, 5) is 61.9. The standard InChI is InChI=1S/C50H79N3O18P2/c1-3-5-7-8-9-10-11-12-13-14-15-16-17-22-26-32-46(58)69-40(36-66-45(57)33-27-31-42(56)41(55)30-25-21-19-18-20-24-29-39(54)28-23-6-4-2)37-67-72(62,63)71-73(64,65)68-38-43-47(59)48(60)49(70-43)53-35-34-44(51)52-50(53)61/h6,10-13,18-21,23-25,29-30,34-35,39-43,47-49,54-56,59-60H,3-5,7-9,14-17,22,26-28,31-33,36-38H2,1-2H3,(H,62,63)(H,64,65)(H2,51,52,61)/b11-10-,13-12-,20-18+,21-19-,23-6-,29-24+,30-25-/t39-,40-,41+,42+,43-,47-,48-,49-/m1/s1. The Kier molecular flexibility index (Phi) is 33.4. The summed E-state index contributed by atoms with van der Waals surface area (Å²) in [5.74, 6) is -1.68. The van der Waals surface area contributed by atoms with Crippen LogP contribution in [-0.2, 0) is 46.3 Å². The van der Waals surface area contributed by atoms with Crippen LogP contribution in [0.15, 0.2) is 102 Å². The van der Waals surface area contributed by atoms with E-state index in [2.05, 4.69) is 40.5 Å². The van der Waals surface area contributed by atoms with Crippen LogP contribution in [-0.4, -0.2) is 119 Å². The number of aliphatic hydroxyl groups excluding tert-OH is 5. The number of hydrogen-bond donors (Lipinski definition) is 8. The molecule has 0 spiro atoms. The molecule has 412 valence electrons. The van der Waals surface area contributed by atoms with Crippen molar-refractivity contribution in [3.8, 4) is 0 Å². The van der Waals surface area contributed by atoms with Gasteiger partial charge >= 0.3 is 33.3 Å². The molecular formula is C50H79N3O18P2. The number of esters is 2. The highest BCUT2D eigenvalue weighted by Crippen LogP contribution is 2.60. The minimum Gasteiger partial charge on any atom is -0.462 e. The smallest absolute Gasteiger partial charge is 0.462 e. The molecule has 1 aromatic rings. The molecule has 2 rings (SSSR count). The number of ether oxygens (including phenoxy) is 3. The number of anilines is 1. The van der Waals surface area contributed by atoms with E-state index in [1.165, 1.54) is 43.9 Å². The predicted octanol–water partition coefficient (Wildman–Crippen LogP) is 6.80. The molecule has 73 heavy (non-hydrogen) atoms. The number of hydrogen-bond acceptors (Lipinski definition) is 18. The van der Waals surface area contributed by atoms with Gasteiger partial charge in [0.15, 0.2) is 12.3 Å². The summed E-state index contributed by atoms with van der Waals surface area (Å²) in [5, 5.41) is 51.5. The zero-order valence-electron chi connectivity index (χ0n) is 42.0. The molecule has 0 radical (unpaired) electrons. The van der Waals surface area contributed by atoms with Crippen molar-refractivity contribution in [2.75, 3.05) is 25.6 Å². The molecule has 9 N–H and O–H groups in total. The maximum atomic E-state index is 12.9. The van der Waals surface area contributed by atoms with E-state index in [1.807, 2.05) is 19.1 Å². The average molecular weight is 1070 g/mol. The number of rotatable bonds is 39. The second kappa shape index (κ2) is 37.5. The van der Waals surface area contributed by atoms with E-state index in [9.17, 15) is 58.8 Å². The van der Waals surface area contributed by atoms with E-state index in [0.29, 0.717) is 19.3 Å². The molecule has 0 aliphatic carbocycles. The van der Waals surface area contributed by atoms with Gasteiger partial charge in [-0.15, -0.1) is 0 Å². The topological polar surface area (TPSA) is 326 Å². The predicted molar refractivity (Wildman–Crippen MR) is 274 cm³/mol. The number of aromatic nitrogens is 2. The Bertz CT molecular complexity index is 2110. The zero-order valence-corrected chi connectivity index (χ0v) is 43.8. The van der Waals surface area contributed by atoms with Gasteiger partial charge in [-0.25, -0.2) is 13.9 Å². The molecule has 1 aromatic heterocycles. The first-order chi connectivity index (χ1) is 34.9. The van der Waals surface area contributed by atoms with Crippen LogP contribution >= 0.6 is 15.6 Å². The third-order valence-electron chi connectivity index (χ3n) is 10.8. The van der Waals surface area contributed by atoms with Crippen molar-refractivity contribution in [3.05, 3.63) is 108 Å². The minimum absolute atomic E-state index is 0.00102. The number of carbonyl (C=O) groups excluding carboxylic acids is 2. The number of nitrogen functional groups attached to an aromatic ring is 1. The highest BCUT2D eigenvalue weighted by molar-refractivity contribution is 7.61. The van der Waals surface area contributed by atoms with Crippen molar-refractivity contribution < 1.29 is 81.6 Å². The van der Waals surface area contributed by atoms with Crippen molar-refractivity contribution in [1.29, 1.82) is 0 Å². The number of phosphoric ester groups is 2. The first kappa shape index (κ1) is 64.9. The van der Waals surface area contributed by atoms with Gasteiger partial charge in [0, 0.05) is 19.0 Å². The molecule has 1 aliphatic heterocycles. The van der Waals surface area contributed by atoms with Crippen LogP contribution in [0.5, 0.6) is 0 Å². The summed E-state index contributed by atoms with van der Waals surface area (Å²) >= 11 is 0. The molecule has 2 unspecified atom stereocenters. The molecule has 0 aromatic carbocycles. The summed E-state index contributed by atoms with van der Waals surface area (Å²) in [5.41, 5.74) is 4.55.